The second-order valence-corrected chi connectivity index (χ2v) is 9.00. The van der Waals surface area contributed by atoms with Crippen LogP contribution in [0.2, 0.25) is 0 Å². The summed E-state index contributed by atoms with van der Waals surface area (Å²) < 4.78 is 24.7. The van der Waals surface area contributed by atoms with Crippen LogP contribution in [0.5, 0.6) is 0 Å². The third kappa shape index (κ3) is 3.22. The summed E-state index contributed by atoms with van der Waals surface area (Å²) >= 11 is 0. The molecule has 1 amide bonds. The number of nitrogens with zero attached hydrogens (tertiary/aromatic N) is 1. The number of anilines is 1. The Morgan fingerprint density at radius 3 is 2.57 bits per heavy atom. The van der Waals surface area contributed by atoms with Crippen molar-refractivity contribution in [3.8, 4) is 0 Å². The Labute approximate surface area is 138 Å². The van der Waals surface area contributed by atoms with Gasteiger partial charge in [0.2, 0.25) is 10.0 Å². The van der Waals surface area contributed by atoms with Crippen LogP contribution in [0.15, 0.2) is 18.2 Å². The first-order valence-electron chi connectivity index (χ1n) is 8.11. The van der Waals surface area contributed by atoms with E-state index in [9.17, 15) is 13.2 Å². The monoisotopic (exact) mass is 336 g/mol. The molecule has 23 heavy (non-hydrogen) atoms. The van der Waals surface area contributed by atoms with Crippen molar-refractivity contribution in [3.63, 3.8) is 0 Å². The van der Waals surface area contributed by atoms with E-state index in [1.165, 1.54) is 30.6 Å². The number of rotatable bonds is 4. The summed E-state index contributed by atoms with van der Waals surface area (Å²) in [6, 6.07) is 5.50. The second kappa shape index (κ2) is 5.82. The molecule has 0 aromatic heterocycles. The molecule has 6 heteroatoms. The van der Waals surface area contributed by atoms with E-state index in [2.05, 4.69) is 5.32 Å². The molecule has 0 unspecified atom stereocenters. The number of benzene rings is 1. The van der Waals surface area contributed by atoms with Crippen LogP contribution in [-0.4, -0.2) is 33.7 Å². The lowest BCUT2D eigenvalue weighted by atomic mass is 9.95. The molecule has 126 valence electrons. The summed E-state index contributed by atoms with van der Waals surface area (Å²) in [5, 5.41) is 3.14. The average molecular weight is 336 g/mol. The third-order valence-electron chi connectivity index (χ3n) is 5.36. The second-order valence-electron chi connectivity index (χ2n) is 6.99. The van der Waals surface area contributed by atoms with Crippen molar-refractivity contribution < 1.29 is 13.2 Å². The van der Waals surface area contributed by atoms with E-state index in [0.29, 0.717) is 17.2 Å². The van der Waals surface area contributed by atoms with E-state index in [1.807, 2.05) is 6.92 Å². The summed E-state index contributed by atoms with van der Waals surface area (Å²) in [5.41, 5.74) is 1.89. The number of carbonyl (C=O) groups is 1. The summed E-state index contributed by atoms with van der Waals surface area (Å²) in [5.74, 6) is 1.29. The molecule has 5 nitrogen and oxygen atoms in total. The standard InChI is InChI=1S/C17H24N2O3S/c1-11-4-6-14(10-16(11)19(2)23(3,21)22)17(20)18-15-9-12-5-7-13(15)8-12/h4,6,10,12-13,15H,5,7-9H2,1-3H3,(H,18,20)/t12-,13-,15-/m0/s1. The Morgan fingerprint density at radius 1 is 1.26 bits per heavy atom. The van der Waals surface area contributed by atoms with E-state index in [-0.39, 0.29) is 11.9 Å². The third-order valence-corrected chi connectivity index (χ3v) is 6.55. The van der Waals surface area contributed by atoms with Crippen LogP contribution in [0.1, 0.15) is 41.6 Å². The normalized spacial score (nSPS) is 26.3. The molecule has 0 heterocycles. The van der Waals surface area contributed by atoms with Gasteiger partial charge in [-0.05, 0) is 55.7 Å². The van der Waals surface area contributed by atoms with Gasteiger partial charge in [-0.3, -0.25) is 9.10 Å². The molecule has 2 aliphatic carbocycles. The number of carbonyl (C=O) groups excluding carboxylic acids is 1. The van der Waals surface area contributed by atoms with Crippen molar-refractivity contribution in [2.24, 2.45) is 11.8 Å². The number of hydrogen-bond donors (Lipinski definition) is 1. The van der Waals surface area contributed by atoms with Gasteiger partial charge in [-0.15, -0.1) is 0 Å². The average Bonchev–Trinajstić information content (AvgIpc) is 3.08. The summed E-state index contributed by atoms with van der Waals surface area (Å²) in [6.07, 6.45) is 5.99. The van der Waals surface area contributed by atoms with Gasteiger partial charge >= 0.3 is 0 Å². The quantitative estimate of drug-likeness (QED) is 0.917. The first kappa shape index (κ1) is 16.3. The summed E-state index contributed by atoms with van der Waals surface area (Å²) in [4.78, 5) is 12.5. The Kier molecular flexibility index (Phi) is 4.12. The first-order chi connectivity index (χ1) is 10.8. The number of hydrogen-bond acceptors (Lipinski definition) is 3. The van der Waals surface area contributed by atoms with Crippen molar-refractivity contribution in [1.82, 2.24) is 5.32 Å². The Balaban J connectivity index is 1.79. The molecule has 0 radical (unpaired) electrons. The van der Waals surface area contributed by atoms with Crippen molar-refractivity contribution >= 4 is 21.6 Å². The number of sulfonamides is 1. The SMILES string of the molecule is Cc1ccc(C(=O)N[C@H]2C[C@H]3CC[C@H]2C3)cc1N(C)S(C)(=O)=O. The number of amides is 1. The number of fused-ring (bicyclic) bond motifs is 2. The largest absolute Gasteiger partial charge is 0.349 e. The molecule has 2 fully saturated rings. The minimum Gasteiger partial charge on any atom is -0.349 e. The van der Waals surface area contributed by atoms with Crippen LogP contribution in [0.4, 0.5) is 5.69 Å². The number of nitrogens with one attached hydrogen (secondary N) is 1. The lowest BCUT2D eigenvalue weighted by Gasteiger charge is -2.24. The van der Waals surface area contributed by atoms with Crippen LogP contribution in [0.25, 0.3) is 0 Å². The van der Waals surface area contributed by atoms with E-state index < -0.39 is 10.0 Å². The lowest BCUT2D eigenvalue weighted by molar-refractivity contribution is 0.0923. The van der Waals surface area contributed by atoms with Crippen molar-refractivity contribution in [3.05, 3.63) is 29.3 Å². The topological polar surface area (TPSA) is 66.5 Å². The molecular weight excluding hydrogens is 312 g/mol. The molecular formula is C17H24N2O3S. The van der Waals surface area contributed by atoms with Crippen LogP contribution in [0, 0.1) is 18.8 Å². The van der Waals surface area contributed by atoms with Gasteiger partial charge in [0, 0.05) is 18.7 Å². The maximum atomic E-state index is 12.5. The van der Waals surface area contributed by atoms with Gasteiger partial charge in [0.1, 0.15) is 0 Å². The van der Waals surface area contributed by atoms with Gasteiger partial charge in [-0.1, -0.05) is 12.5 Å². The Hall–Kier alpha value is -1.56. The van der Waals surface area contributed by atoms with Crippen molar-refractivity contribution in [2.75, 3.05) is 17.6 Å². The smallest absolute Gasteiger partial charge is 0.251 e. The molecule has 0 saturated heterocycles. The van der Waals surface area contributed by atoms with Gasteiger partial charge in [0.15, 0.2) is 0 Å². The van der Waals surface area contributed by atoms with Gasteiger partial charge in [-0.2, -0.15) is 0 Å². The fraction of sp³-hybridized carbons (Fsp3) is 0.588. The zero-order valence-corrected chi connectivity index (χ0v) is 14.7. The molecule has 3 rings (SSSR count). The highest BCUT2D eigenvalue weighted by Gasteiger charge is 2.40. The molecule has 0 aliphatic heterocycles. The Morgan fingerprint density at radius 2 is 2.00 bits per heavy atom. The lowest BCUT2D eigenvalue weighted by Crippen LogP contribution is -2.38. The highest BCUT2D eigenvalue weighted by Crippen LogP contribution is 2.44. The maximum absolute atomic E-state index is 12.5. The highest BCUT2D eigenvalue weighted by molar-refractivity contribution is 7.92. The first-order valence-corrected chi connectivity index (χ1v) is 9.96. The molecule has 2 bridgehead atoms. The minimum atomic E-state index is -3.35. The van der Waals surface area contributed by atoms with Crippen LogP contribution in [0.3, 0.4) is 0 Å². The fourth-order valence-electron chi connectivity index (χ4n) is 3.94. The van der Waals surface area contributed by atoms with Gasteiger partial charge in [0.05, 0.1) is 11.9 Å². The minimum absolute atomic E-state index is 0.106. The van der Waals surface area contributed by atoms with Crippen LogP contribution >= 0.6 is 0 Å². The van der Waals surface area contributed by atoms with E-state index in [4.69, 9.17) is 0 Å². The van der Waals surface area contributed by atoms with Crippen molar-refractivity contribution in [2.45, 2.75) is 38.6 Å². The number of aryl methyl sites for hydroxylation is 1. The maximum Gasteiger partial charge on any atom is 0.251 e. The predicted molar refractivity (Wildman–Crippen MR) is 91.1 cm³/mol. The Bertz CT molecular complexity index is 729. The van der Waals surface area contributed by atoms with E-state index >= 15 is 0 Å². The molecule has 1 aromatic carbocycles. The highest BCUT2D eigenvalue weighted by atomic mass is 32.2. The van der Waals surface area contributed by atoms with E-state index in [1.54, 1.807) is 18.2 Å². The molecule has 1 aromatic rings. The van der Waals surface area contributed by atoms with Crippen molar-refractivity contribution in [1.29, 1.82) is 0 Å². The fourth-order valence-corrected chi connectivity index (χ4v) is 4.50. The zero-order chi connectivity index (χ0) is 16.8. The molecule has 2 aliphatic rings. The molecule has 1 N–H and O–H groups in total. The van der Waals surface area contributed by atoms with Gasteiger partial charge < -0.3 is 5.32 Å². The predicted octanol–water partition coefficient (Wildman–Crippen LogP) is 2.31. The summed E-state index contributed by atoms with van der Waals surface area (Å²) in [7, 11) is -1.84. The molecule has 3 atom stereocenters. The van der Waals surface area contributed by atoms with E-state index in [0.717, 1.165) is 24.2 Å². The summed E-state index contributed by atoms with van der Waals surface area (Å²) in [6.45, 7) is 1.84. The van der Waals surface area contributed by atoms with Crippen LogP contribution < -0.4 is 9.62 Å². The molecule has 2 saturated carbocycles. The molecule has 0 spiro atoms. The van der Waals surface area contributed by atoms with Gasteiger partial charge in [0.25, 0.3) is 5.91 Å². The van der Waals surface area contributed by atoms with Gasteiger partial charge in [-0.25, -0.2) is 8.42 Å². The zero-order valence-electron chi connectivity index (χ0n) is 13.9. The van der Waals surface area contributed by atoms with Crippen LogP contribution in [-0.2, 0) is 10.0 Å².